The minimum atomic E-state index is 0.596. The molecule has 3 unspecified atom stereocenters. The molecule has 2 N–H and O–H groups in total. The molecule has 72 valence electrons. The molecule has 4 rings (SSSR count). The van der Waals surface area contributed by atoms with Gasteiger partial charge in [-0.25, -0.2) is 0 Å². The van der Waals surface area contributed by atoms with Crippen molar-refractivity contribution in [3.8, 4) is 0 Å². The van der Waals surface area contributed by atoms with Crippen molar-refractivity contribution in [3.63, 3.8) is 0 Å². The second-order valence-corrected chi connectivity index (χ2v) is 6.19. The maximum Gasteiger partial charge on any atom is 0.0127 e. The fraction of sp³-hybridized carbons (Fsp3) is 1.00. The van der Waals surface area contributed by atoms with Gasteiger partial charge in [0.1, 0.15) is 0 Å². The fourth-order valence-corrected chi connectivity index (χ4v) is 5.08. The van der Waals surface area contributed by atoms with E-state index in [2.05, 4.69) is 0 Å². The van der Waals surface area contributed by atoms with Gasteiger partial charge in [0.05, 0.1) is 0 Å². The van der Waals surface area contributed by atoms with Crippen LogP contribution in [0, 0.1) is 29.1 Å². The van der Waals surface area contributed by atoms with Crippen LogP contribution >= 0.6 is 0 Å². The summed E-state index contributed by atoms with van der Waals surface area (Å²) in [6, 6.07) is 0.596. The molecule has 4 aliphatic rings. The molecule has 2 bridgehead atoms. The van der Waals surface area contributed by atoms with E-state index in [-0.39, 0.29) is 0 Å². The van der Waals surface area contributed by atoms with Crippen molar-refractivity contribution in [1.29, 1.82) is 0 Å². The van der Waals surface area contributed by atoms with Crippen molar-refractivity contribution in [3.05, 3.63) is 0 Å². The first kappa shape index (κ1) is 7.28. The van der Waals surface area contributed by atoms with E-state index in [1.165, 1.54) is 32.1 Å². The molecule has 0 aromatic rings. The lowest BCUT2D eigenvalue weighted by atomic mass is 9.67. The molecule has 1 spiro atoms. The Balaban J connectivity index is 1.72. The third kappa shape index (κ3) is 0.707. The lowest BCUT2D eigenvalue weighted by molar-refractivity contribution is 0.121. The van der Waals surface area contributed by atoms with Crippen LogP contribution in [0.3, 0.4) is 0 Å². The van der Waals surface area contributed by atoms with Gasteiger partial charge < -0.3 is 5.73 Å². The summed E-state index contributed by atoms with van der Waals surface area (Å²) in [6.45, 7) is 0. The van der Waals surface area contributed by atoms with Crippen molar-refractivity contribution >= 4 is 0 Å². The van der Waals surface area contributed by atoms with Gasteiger partial charge in [0.15, 0.2) is 0 Å². The maximum atomic E-state index is 6.44. The zero-order chi connectivity index (χ0) is 8.63. The van der Waals surface area contributed by atoms with Gasteiger partial charge in [-0.15, -0.1) is 0 Å². The average molecular weight is 177 g/mol. The van der Waals surface area contributed by atoms with E-state index in [1.54, 1.807) is 6.42 Å². The van der Waals surface area contributed by atoms with E-state index in [4.69, 9.17) is 5.73 Å². The Morgan fingerprint density at radius 3 is 2.31 bits per heavy atom. The second-order valence-electron chi connectivity index (χ2n) is 6.19. The Morgan fingerprint density at radius 1 is 0.923 bits per heavy atom. The van der Waals surface area contributed by atoms with Crippen molar-refractivity contribution < 1.29 is 0 Å². The van der Waals surface area contributed by atoms with Gasteiger partial charge in [-0.1, -0.05) is 0 Å². The smallest absolute Gasteiger partial charge is 0.0127 e. The number of rotatable bonds is 0. The van der Waals surface area contributed by atoms with Crippen LogP contribution in [0.5, 0.6) is 0 Å². The van der Waals surface area contributed by atoms with Gasteiger partial charge in [0.2, 0.25) is 0 Å². The summed E-state index contributed by atoms with van der Waals surface area (Å²) >= 11 is 0. The van der Waals surface area contributed by atoms with Crippen molar-refractivity contribution in [2.24, 2.45) is 34.8 Å². The van der Waals surface area contributed by atoms with Crippen LogP contribution in [0.4, 0.5) is 0 Å². The highest BCUT2D eigenvalue weighted by Crippen LogP contribution is 2.70. The van der Waals surface area contributed by atoms with Crippen LogP contribution in [0.25, 0.3) is 0 Å². The molecule has 5 atom stereocenters. The Labute approximate surface area is 80.1 Å². The first-order chi connectivity index (χ1) is 6.29. The minimum absolute atomic E-state index is 0.596. The third-order valence-electron chi connectivity index (χ3n) is 5.81. The summed E-state index contributed by atoms with van der Waals surface area (Å²) in [5.74, 6) is 4.19. The maximum absolute atomic E-state index is 6.44. The van der Waals surface area contributed by atoms with Gasteiger partial charge in [-0.05, 0) is 67.6 Å². The monoisotopic (exact) mass is 177 g/mol. The van der Waals surface area contributed by atoms with E-state index >= 15 is 0 Å². The van der Waals surface area contributed by atoms with Crippen LogP contribution in [-0.2, 0) is 0 Å². The largest absolute Gasteiger partial charge is 0.327 e. The summed E-state index contributed by atoms with van der Waals surface area (Å²) in [5.41, 5.74) is 7.11. The number of nitrogens with two attached hydrogens (primary N) is 1. The van der Waals surface area contributed by atoms with Crippen molar-refractivity contribution in [2.75, 3.05) is 0 Å². The van der Waals surface area contributed by atoms with Gasteiger partial charge in [0, 0.05) is 6.04 Å². The summed E-state index contributed by atoms with van der Waals surface area (Å²) in [6.07, 6.45) is 9.02. The molecule has 0 heterocycles. The van der Waals surface area contributed by atoms with Gasteiger partial charge >= 0.3 is 0 Å². The predicted octanol–water partition coefficient (Wildman–Crippen LogP) is 2.16. The zero-order valence-electron chi connectivity index (χ0n) is 8.21. The standard InChI is InChI=1S/C12H19N/c13-11-7-1-2-10(4-7)12(11)5-8-3-9(8)6-12/h7-11H,1-6,13H2/t7-,8?,9?,10?,11-,12?/m1/s1. The fourth-order valence-electron chi connectivity index (χ4n) is 5.08. The van der Waals surface area contributed by atoms with E-state index < -0.39 is 0 Å². The average Bonchev–Trinajstić information content (AvgIpc) is 2.55. The van der Waals surface area contributed by atoms with Crippen molar-refractivity contribution in [1.82, 2.24) is 0 Å². The minimum Gasteiger partial charge on any atom is -0.327 e. The molecular weight excluding hydrogens is 158 g/mol. The van der Waals surface area contributed by atoms with Gasteiger partial charge in [0.25, 0.3) is 0 Å². The Morgan fingerprint density at radius 2 is 1.69 bits per heavy atom. The Kier molecular flexibility index (Phi) is 1.11. The predicted molar refractivity (Wildman–Crippen MR) is 52.1 cm³/mol. The van der Waals surface area contributed by atoms with E-state index in [9.17, 15) is 0 Å². The van der Waals surface area contributed by atoms with E-state index in [0.29, 0.717) is 11.5 Å². The molecule has 4 aliphatic carbocycles. The van der Waals surface area contributed by atoms with Gasteiger partial charge in [-0.3, -0.25) is 0 Å². The molecule has 0 aromatic heterocycles. The molecule has 0 amide bonds. The Hall–Kier alpha value is -0.0400. The molecule has 4 fully saturated rings. The first-order valence-electron chi connectivity index (χ1n) is 6.05. The summed E-state index contributed by atoms with van der Waals surface area (Å²) < 4.78 is 0. The molecule has 0 saturated heterocycles. The van der Waals surface area contributed by atoms with Crippen LogP contribution in [0.15, 0.2) is 0 Å². The summed E-state index contributed by atoms with van der Waals surface area (Å²) in [4.78, 5) is 0. The normalized spacial score (nSPS) is 67.6. The molecular formula is C12H19N. The van der Waals surface area contributed by atoms with Crippen LogP contribution in [0.2, 0.25) is 0 Å². The number of fused-ring (bicyclic) bond motifs is 4. The topological polar surface area (TPSA) is 26.0 Å². The quantitative estimate of drug-likeness (QED) is 0.603. The number of hydrogen-bond donors (Lipinski definition) is 1. The Bertz CT molecular complexity index is 246. The summed E-state index contributed by atoms with van der Waals surface area (Å²) in [7, 11) is 0. The molecule has 13 heavy (non-hydrogen) atoms. The first-order valence-corrected chi connectivity index (χ1v) is 6.05. The van der Waals surface area contributed by atoms with Crippen molar-refractivity contribution in [2.45, 2.75) is 44.6 Å². The van der Waals surface area contributed by atoms with Crippen LogP contribution in [0.1, 0.15) is 38.5 Å². The third-order valence-corrected chi connectivity index (χ3v) is 5.81. The molecule has 4 saturated carbocycles. The lowest BCUT2D eigenvalue weighted by Gasteiger charge is -2.40. The molecule has 0 aliphatic heterocycles. The SMILES string of the molecule is N[C@@H]1[C@@H]2CCC(C2)C12CC1CC1C2. The second kappa shape index (κ2) is 1.98. The highest BCUT2D eigenvalue weighted by Gasteiger charge is 2.64. The number of hydrogen-bond acceptors (Lipinski definition) is 1. The molecule has 0 aromatic carbocycles. The molecule has 1 heteroatoms. The zero-order valence-corrected chi connectivity index (χ0v) is 8.21. The molecule has 0 radical (unpaired) electrons. The van der Waals surface area contributed by atoms with Crippen LogP contribution in [-0.4, -0.2) is 6.04 Å². The highest BCUT2D eigenvalue weighted by molar-refractivity contribution is 5.16. The van der Waals surface area contributed by atoms with Gasteiger partial charge in [-0.2, -0.15) is 0 Å². The lowest BCUT2D eigenvalue weighted by Crippen LogP contribution is -2.45. The highest BCUT2D eigenvalue weighted by atomic mass is 14.8. The van der Waals surface area contributed by atoms with Crippen LogP contribution < -0.4 is 5.73 Å². The summed E-state index contributed by atoms with van der Waals surface area (Å²) in [5, 5.41) is 0. The van der Waals surface area contributed by atoms with E-state index in [1.807, 2.05) is 0 Å². The van der Waals surface area contributed by atoms with E-state index in [0.717, 1.165) is 23.7 Å². The molecule has 1 nitrogen and oxygen atoms in total.